The van der Waals surface area contributed by atoms with Crippen LogP contribution in [-0.2, 0) is 6.42 Å². The molecule has 0 fully saturated rings. The van der Waals surface area contributed by atoms with Gasteiger partial charge in [0, 0.05) is 22.9 Å². The predicted octanol–water partition coefficient (Wildman–Crippen LogP) is 3.04. The van der Waals surface area contributed by atoms with Crippen molar-refractivity contribution >= 4 is 27.3 Å². The van der Waals surface area contributed by atoms with Crippen molar-refractivity contribution in [1.29, 1.82) is 0 Å². The smallest absolute Gasteiger partial charge is 0.0478 e. The van der Waals surface area contributed by atoms with Gasteiger partial charge in [-0.05, 0) is 62.8 Å². The fourth-order valence-corrected chi connectivity index (χ4v) is 2.80. The number of aromatic nitrogens is 1. The first-order chi connectivity index (χ1) is 8.29. The molecule has 0 aliphatic carbocycles. The van der Waals surface area contributed by atoms with Gasteiger partial charge in [-0.3, -0.25) is 16.3 Å². The Morgan fingerprint density at radius 1 is 1.47 bits per heavy atom. The molecule has 2 rings (SSSR count). The number of nitrogens with two attached hydrogens (primary N) is 1. The van der Waals surface area contributed by atoms with E-state index in [2.05, 4.69) is 43.2 Å². The molecule has 0 spiro atoms. The fraction of sp³-hybridized carbons (Fsp3) is 0.250. The Morgan fingerprint density at radius 3 is 3.00 bits per heavy atom. The van der Waals surface area contributed by atoms with Crippen molar-refractivity contribution < 1.29 is 0 Å². The largest absolute Gasteiger partial charge is 0.271 e. The molecule has 0 aliphatic rings. The number of thiophene rings is 1. The van der Waals surface area contributed by atoms with E-state index in [0.29, 0.717) is 0 Å². The average Bonchev–Trinajstić information content (AvgIpc) is 2.83. The van der Waals surface area contributed by atoms with Crippen molar-refractivity contribution in [3.05, 3.63) is 50.9 Å². The van der Waals surface area contributed by atoms with E-state index in [1.807, 2.05) is 12.3 Å². The first kappa shape index (κ1) is 12.7. The zero-order valence-electron chi connectivity index (χ0n) is 9.27. The summed E-state index contributed by atoms with van der Waals surface area (Å²) in [5, 5.41) is 4.27. The predicted molar refractivity (Wildman–Crippen MR) is 74.6 cm³/mol. The molecule has 3 N–H and O–H groups in total. The van der Waals surface area contributed by atoms with Gasteiger partial charge in [-0.15, -0.1) is 0 Å². The molecule has 0 amide bonds. The normalized spacial score (nSPS) is 12.6. The lowest BCUT2D eigenvalue weighted by molar-refractivity contribution is 0.515. The molecule has 0 saturated heterocycles. The monoisotopic (exact) mass is 311 g/mol. The maximum atomic E-state index is 5.60. The van der Waals surface area contributed by atoms with Crippen molar-refractivity contribution in [3.8, 4) is 0 Å². The number of halogens is 1. The molecule has 1 unspecified atom stereocenters. The van der Waals surface area contributed by atoms with Gasteiger partial charge >= 0.3 is 0 Å². The van der Waals surface area contributed by atoms with Crippen LogP contribution in [0.1, 0.15) is 23.6 Å². The van der Waals surface area contributed by atoms with E-state index in [1.54, 1.807) is 17.5 Å². The first-order valence-corrected chi connectivity index (χ1v) is 7.11. The standard InChI is InChI=1S/C12H14BrN3S/c13-11-5-10(6-15-7-11)12(16-14)2-1-9-3-4-17-8-9/h3-8,12,16H,1-2,14H2. The van der Waals surface area contributed by atoms with E-state index in [9.17, 15) is 0 Å². The lowest BCUT2D eigenvalue weighted by Crippen LogP contribution is -2.28. The molecule has 2 aromatic rings. The SMILES string of the molecule is NNC(CCc1ccsc1)c1cncc(Br)c1. The summed E-state index contributed by atoms with van der Waals surface area (Å²) < 4.78 is 0.978. The van der Waals surface area contributed by atoms with Crippen LogP contribution < -0.4 is 11.3 Å². The molecule has 3 nitrogen and oxygen atoms in total. The number of hydrazine groups is 1. The minimum Gasteiger partial charge on any atom is -0.271 e. The van der Waals surface area contributed by atoms with E-state index in [0.717, 1.165) is 22.9 Å². The number of hydrogen-bond acceptors (Lipinski definition) is 4. The third-order valence-electron chi connectivity index (χ3n) is 2.63. The second-order valence-electron chi connectivity index (χ2n) is 3.83. The molecule has 90 valence electrons. The Labute approximate surface area is 113 Å². The summed E-state index contributed by atoms with van der Waals surface area (Å²) in [6, 6.07) is 4.34. The summed E-state index contributed by atoms with van der Waals surface area (Å²) in [6.07, 6.45) is 5.61. The fourth-order valence-electron chi connectivity index (χ4n) is 1.71. The summed E-state index contributed by atoms with van der Waals surface area (Å²) in [7, 11) is 0. The van der Waals surface area contributed by atoms with Crippen LogP contribution in [-0.4, -0.2) is 4.98 Å². The van der Waals surface area contributed by atoms with Crippen molar-refractivity contribution in [2.45, 2.75) is 18.9 Å². The lowest BCUT2D eigenvalue weighted by Gasteiger charge is -2.15. The molecule has 0 radical (unpaired) electrons. The molecule has 1 atom stereocenters. The maximum absolute atomic E-state index is 5.60. The van der Waals surface area contributed by atoms with Crippen molar-refractivity contribution in [2.75, 3.05) is 0 Å². The molecular weight excluding hydrogens is 298 g/mol. The number of aryl methyl sites for hydroxylation is 1. The second-order valence-corrected chi connectivity index (χ2v) is 5.52. The van der Waals surface area contributed by atoms with Crippen LogP contribution in [0.3, 0.4) is 0 Å². The van der Waals surface area contributed by atoms with Crippen LogP contribution in [0.15, 0.2) is 39.8 Å². The number of hydrogen-bond donors (Lipinski definition) is 2. The summed E-state index contributed by atoms with van der Waals surface area (Å²) in [4.78, 5) is 4.16. The number of pyridine rings is 1. The highest BCUT2D eigenvalue weighted by atomic mass is 79.9. The summed E-state index contributed by atoms with van der Waals surface area (Å²) >= 11 is 5.15. The molecule has 5 heteroatoms. The van der Waals surface area contributed by atoms with E-state index in [1.165, 1.54) is 5.56 Å². The zero-order valence-corrected chi connectivity index (χ0v) is 11.7. The summed E-state index contributed by atoms with van der Waals surface area (Å²) in [5.41, 5.74) is 5.32. The third-order valence-corrected chi connectivity index (χ3v) is 3.80. The van der Waals surface area contributed by atoms with Crippen LogP contribution in [0.4, 0.5) is 0 Å². The Balaban J connectivity index is 2.01. The molecule has 0 aliphatic heterocycles. The Hall–Kier alpha value is -0.750. The van der Waals surface area contributed by atoms with Crippen LogP contribution in [0.25, 0.3) is 0 Å². The minimum atomic E-state index is 0.139. The van der Waals surface area contributed by atoms with Crippen LogP contribution >= 0.6 is 27.3 Å². The molecular formula is C12H14BrN3S. The van der Waals surface area contributed by atoms with Gasteiger partial charge in [0.05, 0.1) is 0 Å². The van der Waals surface area contributed by atoms with Gasteiger partial charge in [0.2, 0.25) is 0 Å². The second kappa shape index (κ2) is 6.26. The Bertz CT molecular complexity index is 459. The topological polar surface area (TPSA) is 50.9 Å². The number of nitrogens with zero attached hydrogens (tertiary/aromatic N) is 1. The minimum absolute atomic E-state index is 0.139. The highest BCUT2D eigenvalue weighted by Gasteiger charge is 2.10. The van der Waals surface area contributed by atoms with Crippen molar-refractivity contribution in [1.82, 2.24) is 10.4 Å². The molecule has 2 aromatic heterocycles. The molecule has 0 saturated carbocycles. The van der Waals surface area contributed by atoms with Gasteiger partial charge in [0.25, 0.3) is 0 Å². The van der Waals surface area contributed by atoms with Crippen molar-refractivity contribution in [3.63, 3.8) is 0 Å². The summed E-state index contributed by atoms with van der Waals surface area (Å²) in [5.74, 6) is 5.60. The van der Waals surface area contributed by atoms with Crippen LogP contribution in [0, 0.1) is 0 Å². The Kier molecular flexibility index (Phi) is 4.67. The van der Waals surface area contributed by atoms with E-state index in [4.69, 9.17) is 5.84 Å². The third kappa shape index (κ3) is 3.61. The number of nitrogens with one attached hydrogen (secondary N) is 1. The zero-order chi connectivity index (χ0) is 12.1. The Morgan fingerprint density at radius 2 is 2.35 bits per heavy atom. The van der Waals surface area contributed by atoms with E-state index in [-0.39, 0.29) is 6.04 Å². The van der Waals surface area contributed by atoms with Gasteiger partial charge < -0.3 is 0 Å². The molecule has 17 heavy (non-hydrogen) atoms. The summed E-state index contributed by atoms with van der Waals surface area (Å²) in [6.45, 7) is 0. The highest BCUT2D eigenvalue weighted by molar-refractivity contribution is 9.10. The van der Waals surface area contributed by atoms with Crippen LogP contribution in [0.5, 0.6) is 0 Å². The van der Waals surface area contributed by atoms with E-state index >= 15 is 0 Å². The van der Waals surface area contributed by atoms with Gasteiger partial charge in [0.15, 0.2) is 0 Å². The quantitative estimate of drug-likeness (QED) is 0.659. The van der Waals surface area contributed by atoms with Crippen LogP contribution in [0.2, 0.25) is 0 Å². The lowest BCUT2D eigenvalue weighted by atomic mass is 10.0. The van der Waals surface area contributed by atoms with Crippen molar-refractivity contribution in [2.24, 2.45) is 5.84 Å². The first-order valence-electron chi connectivity index (χ1n) is 5.37. The molecule has 0 aromatic carbocycles. The van der Waals surface area contributed by atoms with Gasteiger partial charge in [-0.1, -0.05) is 0 Å². The average molecular weight is 312 g/mol. The molecule has 0 bridgehead atoms. The maximum Gasteiger partial charge on any atom is 0.0478 e. The highest BCUT2D eigenvalue weighted by Crippen LogP contribution is 2.21. The number of rotatable bonds is 5. The van der Waals surface area contributed by atoms with Gasteiger partial charge in [0.1, 0.15) is 0 Å². The van der Waals surface area contributed by atoms with Gasteiger partial charge in [-0.25, -0.2) is 0 Å². The van der Waals surface area contributed by atoms with Gasteiger partial charge in [-0.2, -0.15) is 11.3 Å². The molecule has 2 heterocycles. The van der Waals surface area contributed by atoms with E-state index < -0.39 is 0 Å².